The van der Waals surface area contributed by atoms with E-state index in [-0.39, 0.29) is 11.5 Å². The predicted octanol–water partition coefficient (Wildman–Crippen LogP) is 3.01. The maximum Gasteiger partial charge on any atom is 0.194 e. The molecule has 1 aromatic rings. The Morgan fingerprint density at radius 2 is 1.70 bits per heavy atom. The molecule has 2 nitrogen and oxygen atoms in total. The summed E-state index contributed by atoms with van der Waals surface area (Å²) in [6, 6.07) is 2.84. The van der Waals surface area contributed by atoms with E-state index < -0.39 is 23.6 Å². The van der Waals surface area contributed by atoms with Crippen molar-refractivity contribution in [3.63, 3.8) is 0 Å². The number of aliphatic hydroxyl groups excluding tert-OH is 1. The molecule has 20 heavy (non-hydrogen) atoms. The van der Waals surface area contributed by atoms with Gasteiger partial charge >= 0.3 is 0 Å². The SMILES string of the molecule is CN1C2CCC1CC(C(O)c1ccc(F)c(F)c1F)C2. The molecule has 3 atom stereocenters. The highest BCUT2D eigenvalue weighted by atomic mass is 19.2. The lowest BCUT2D eigenvalue weighted by atomic mass is 9.83. The number of halogens is 3. The Kier molecular flexibility index (Phi) is 3.50. The monoisotopic (exact) mass is 285 g/mol. The number of nitrogens with zero attached hydrogens (tertiary/aromatic N) is 1. The van der Waals surface area contributed by atoms with Gasteiger partial charge in [0.2, 0.25) is 0 Å². The standard InChI is InChI=1S/C15H18F3NO/c1-19-9-2-3-10(19)7-8(6-9)15(20)11-4-5-12(16)14(18)13(11)17/h4-5,8-10,15,20H,2-3,6-7H2,1H3. The van der Waals surface area contributed by atoms with Crippen molar-refractivity contribution in [2.24, 2.45) is 5.92 Å². The van der Waals surface area contributed by atoms with Crippen molar-refractivity contribution in [3.8, 4) is 0 Å². The average molecular weight is 285 g/mol. The van der Waals surface area contributed by atoms with Gasteiger partial charge < -0.3 is 10.0 Å². The minimum Gasteiger partial charge on any atom is -0.388 e. The molecule has 0 radical (unpaired) electrons. The molecule has 0 amide bonds. The smallest absolute Gasteiger partial charge is 0.194 e. The number of aliphatic hydroxyl groups is 1. The zero-order valence-electron chi connectivity index (χ0n) is 11.3. The van der Waals surface area contributed by atoms with Crippen molar-refractivity contribution in [2.45, 2.75) is 43.9 Å². The lowest BCUT2D eigenvalue weighted by Gasteiger charge is -2.38. The lowest BCUT2D eigenvalue weighted by molar-refractivity contribution is 0.0332. The van der Waals surface area contributed by atoms with Crippen LogP contribution in [0.4, 0.5) is 13.2 Å². The third kappa shape index (κ3) is 2.13. The Hall–Kier alpha value is -1.07. The van der Waals surface area contributed by atoms with E-state index in [9.17, 15) is 18.3 Å². The number of benzene rings is 1. The van der Waals surface area contributed by atoms with Crippen molar-refractivity contribution in [3.05, 3.63) is 35.1 Å². The molecule has 0 aromatic heterocycles. The van der Waals surface area contributed by atoms with Gasteiger partial charge in [-0.3, -0.25) is 0 Å². The molecule has 2 aliphatic heterocycles. The van der Waals surface area contributed by atoms with Crippen molar-refractivity contribution in [2.75, 3.05) is 7.05 Å². The molecule has 1 N–H and O–H groups in total. The highest BCUT2D eigenvalue weighted by Gasteiger charge is 2.41. The first-order valence-corrected chi connectivity index (χ1v) is 7.02. The average Bonchev–Trinajstić information content (AvgIpc) is 2.66. The van der Waals surface area contributed by atoms with E-state index in [1.165, 1.54) is 0 Å². The van der Waals surface area contributed by atoms with Crippen molar-refractivity contribution in [1.82, 2.24) is 4.90 Å². The van der Waals surface area contributed by atoms with Gasteiger partial charge in [0, 0.05) is 17.6 Å². The molecule has 1 aromatic carbocycles. The molecule has 110 valence electrons. The third-order valence-corrected chi connectivity index (χ3v) is 4.96. The van der Waals surface area contributed by atoms with Gasteiger partial charge in [0.15, 0.2) is 17.5 Å². The van der Waals surface area contributed by atoms with Crippen LogP contribution in [-0.2, 0) is 0 Å². The van der Waals surface area contributed by atoms with Gasteiger partial charge in [-0.15, -0.1) is 0 Å². The first-order valence-electron chi connectivity index (χ1n) is 7.02. The van der Waals surface area contributed by atoms with E-state index in [4.69, 9.17) is 0 Å². The Labute approximate surface area is 116 Å². The third-order valence-electron chi connectivity index (χ3n) is 4.96. The fraction of sp³-hybridized carbons (Fsp3) is 0.600. The molecule has 2 aliphatic rings. The maximum atomic E-state index is 13.8. The number of rotatable bonds is 2. The van der Waals surface area contributed by atoms with Crippen LogP contribution in [0.25, 0.3) is 0 Å². The van der Waals surface area contributed by atoms with Crippen LogP contribution >= 0.6 is 0 Å². The summed E-state index contributed by atoms with van der Waals surface area (Å²) < 4.78 is 40.0. The molecule has 0 saturated carbocycles. The van der Waals surface area contributed by atoms with Crippen molar-refractivity contribution >= 4 is 0 Å². The molecule has 3 unspecified atom stereocenters. The van der Waals surface area contributed by atoms with Gasteiger partial charge in [-0.2, -0.15) is 0 Å². The number of piperidine rings is 1. The maximum absolute atomic E-state index is 13.8. The summed E-state index contributed by atoms with van der Waals surface area (Å²) in [5.41, 5.74) is -0.127. The summed E-state index contributed by atoms with van der Waals surface area (Å²) >= 11 is 0. The molecule has 5 heteroatoms. The Bertz CT molecular complexity index is 508. The highest BCUT2D eigenvalue weighted by molar-refractivity contribution is 5.23. The first-order chi connectivity index (χ1) is 9.49. The van der Waals surface area contributed by atoms with Crippen LogP contribution in [0.2, 0.25) is 0 Å². The second-order valence-corrected chi connectivity index (χ2v) is 5.99. The van der Waals surface area contributed by atoms with Crippen LogP contribution < -0.4 is 0 Å². The summed E-state index contributed by atoms with van der Waals surface area (Å²) in [6.07, 6.45) is 2.65. The fourth-order valence-electron chi connectivity index (χ4n) is 3.73. The topological polar surface area (TPSA) is 23.5 Å². The summed E-state index contributed by atoms with van der Waals surface area (Å²) in [5, 5.41) is 10.3. The molecule has 2 fully saturated rings. The lowest BCUT2D eigenvalue weighted by Crippen LogP contribution is -2.41. The van der Waals surface area contributed by atoms with Gasteiger partial charge in [0.1, 0.15) is 0 Å². The highest BCUT2D eigenvalue weighted by Crippen LogP contribution is 2.43. The van der Waals surface area contributed by atoms with E-state index in [0.717, 1.165) is 37.8 Å². The summed E-state index contributed by atoms with van der Waals surface area (Å²) in [6.45, 7) is 0. The van der Waals surface area contributed by atoms with E-state index in [1.807, 2.05) is 0 Å². The molecule has 2 saturated heterocycles. The molecule has 0 aliphatic carbocycles. The number of hydrogen-bond acceptors (Lipinski definition) is 2. The fourth-order valence-corrected chi connectivity index (χ4v) is 3.73. The van der Waals surface area contributed by atoms with E-state index in [0.29, 0.717) is 12.1 Å². The second-order valence-electron chi connectivity index (χ2n) is 5.99. The van der Waals surface area contributed by atoms with Gasteiger partial charge in [-0.25, -0.2) is 13.2 Å². The zero-order valence-corrected chi connectivity index (χ0v) is 11.3. The van der Waals surface area contributed by atoms with Gasteiger partial charge in [0.05, 0.1) is 6.10 Å². The molecule has 2 bridgehead atoms. The molecular weight excluding hydrogens is 267 g/mol. The zero-order chi connectivity index (χ0) is 14.4. The summed E-state index contributed by atoms with van der Waals surface area (Å²) in [7, 11) is 2.07. The number of hydrogen-bond donors (Lipinski definition) is 1. The normalized spacial score (nSPS) is 31.6. The van der Waals surface area contributed by atoms with Crippen molar-refractivity contribution in [1.29, 1.82) is 0 Å². The summed E-state index contributed by atoms with van der Waals surface area (Å²) in [4.78, 5) is 2.31. The number of fused-ring (bicyclic) bond motifs is 2. The Morgan fingerprint density at radius 3 is 2.30 bits per heavy atom. The van der Waals surface area contributed by atoms with Gasteiger partial charge in [0.25, 0.3) is 0 Å². The predicted molar refractivity (Wildman–Crippen MR) is 68.6 cm³/mol. The Balaban J connectivity index is 1.83. The van der Waals surface area contributed by atoms with Crippen LogP contribution in [0.15, 0.2) is 12.1 Å². The van der Waals surface area contributed by atoms with Gasteiger partial charge in [-0.1, -0.05) is 6.07 Å². The van der Waals surface area contributed by atoms with E-state index in [1.54, 1.807) is 0 Å². The van der Waals surface area contributed by atoms with E-state index in [2.05, 4.69) is 11.9 Å². The van der Waals surface area contributed by atoms with Gasteiger partial charge in [-0.05, 0) is 44.7 Å². The molecular formula is C15H18F3NO. The Morgan fingerprint density at radius 1 is 1.10 bits per heavy atom. The van der Waals surface area contributed by atoms with Crippen LogP contribution in [0.5, 0.6) is 0 Å². The van der Waals surface area contributed by atoms with Crippen molar-refractivity contribution < 1.29 is 18.3 Å². The summed E-state index contributed by atoms with van der Waals surface area (Å²) in [5.74, 6) is -4.08. The quantitative estimate of drug-likeness (QED) is 0.844. The minimum atomic E-state index is -1.50. The van der Waals surface area contributed by atoms with E-state index >= 15 is 0 Å². The van der Waals surface area contributed by atoms with Crippen LogP contribution in [0.1, 0.15) is 37.4 Å². The first kappa shape index (κ1) is 13.9. The van der Waals surface area contributed by atoms with Crippen LogP contribution in [-0.4, -0.2) is 29.1 Å². The van der Waals surface area contributed by atoms with Crippen LogP contribution in [0.3, 0.4) is 0 Å². The van der Waals surface area contributed by atoms with Crippen LogP contribution in [0, 0.1) is 23.4 Å². The molecule has 2 heterocycles. The minimum absolute atomic E-state index is 0.0944. The molecule has 3 rings (SSSR count). The largest absolute Gasteiger partial charge is 0.388 e. The second kappa shape index (κ2) is 5.04. The molecule has 0 spiro atoms.